The Kier molecular flexibility index (Phi) is 5.75. The van der Waals surface area contributed by atoms with E-state index in [-0.39, 0.29) is 5.91 Å². The van der Waals surface area contributed by atoms with E-state index in [1.165, 1.54) is 0 Å². The first-order valence-corrected chi connectivity index (χ1v) is 7.27. The van der Waals surface area contributed by atoms with Crippen LogP contribution in [0, 0.1) is 0 Å². The van der Waals surface area contributed by atoms with Gasteiger partial charge >= 0.3 is 0 Å². The van der Waals surface area contributed by atoms with Crippen molar-refractivity contribution in [1.29, 1.82) is 0 Å². The molecule has 1 amide bonds. The maximum Gasteiger partial charge on any atom is 0.253 e. The van der Waals surface area contributed by atoms with Gasteiger partial charge in [-0.15, -0.1) is 0 Å². The highest BCUT2D eigenvalue weighted by Gasteiger charge is 2.12. The van der Waals surface area contributed by atoms with Crippen LogP contribution in [0.5, 0.6) is 5.75 Å². The quantitative estimate of drug-likeness (QED) is 0.887. The van der Waals surface area contributed by atoms with Crippen molar-refractivity contribution in [2.45, 2.75) is 6.54 Å². The van der Waals surface area contributed by atoms with E-state index in [9.17, 15) is 4.79 Å². The summed E-state index contributed by atoms with van der Waals surface area (Å²) in [4.78, 5) is 18.0. The van der Waals surface area contributed by atoms with E-state index < -0.39 is 0 Å². The number of pyridine rings is 1. The first-order valence-electron chi connectivity index (χ1n) is 6.89. The Bertz CT molecular complexity index is 649. The molecule has 2 aromatic rings. The van der Waals surface area contributed by atoms with E-state index in [1.54, 1.807) is 42.4 Å². The molecule has 1 heterocycles. The number of para-hydroxylation sites is 1. The van der Waals surface area contributed by atoms with Crippen LogP contribution in [0.25, 0.3) is 0 Å². The molecule has 0 aliphatic rings. The van der Waals surface area contributed by atoms with Crippen molar-refractivity contribution >= 4 is 17.5 Å². The van der Waals surface area contributed by atoms with Crippen LogP contribution < -0.4 is 10.5 Å². The summed E-state index contributed by atoms with van der Waals surface area (Å²) in [5.74, 6) is 0.513. The maximum atomic E-state index is 12.3. The molecule has 22 heavy (non-hydrogen) atoms. The molecule has 0 bridgehead atoms. The first-order chi connectivity index (χ1) is 10.6. The summed E-state index contributed by atoms with van der Waals surface area (Å²) in [6, 6.07) is 10.6. The van der Waals surface area contributed by atoms with Gasteiger partial charge in [0.15, 0.2) is 0 Å². The molecule has 0 fully saturated rings. The van der Waals surface area contributed by atoms with Gasteiger partial charge in [0, 0.05) is 25.4 Å². The number of amides is 1. The molecule has 0 aliphatic heterocycles. The van der Waals surface area contributed by atoms with Crippen LogP contribution in [0.15, 0.2) is 42.6 Å². The van der Waals surface area contributed by atoms with Gasteiger partial charge < -0.3 is 15.4 Å². The van der Waals surface area contributed by atoms with Crippen LogP contribution in [-0.4, -0.2) is 36.0 Å². The molecule has 0 radical (unpaired) electrons. The largest absolute Gasteiger partial charge is 0.490 e. The van der Waals surface area contributed by atoms with Crippen molar-refractivity contribution in [3.05, 3.63) is 58.9 Å². The number of carbonyl (C=O) groups excluding carboxylic acids is 1. The number of carbonyl (C=O) groups is 1. The van der Waals surface area contributed by atoms with Crippen LogP contribution in [0.4, 0.5) is 0 Å². The Labute approximate surface area is 134 Å². The zero-order chi connectivity index (χ0) is 15.9. The van der Waals surface area contributed by atoms with Crippen LogP contribution in [0.3, 0.4) is 0 Å². The van der Waals surface area contributed by atoms with Gasteiger partial charge in [0.05, 0.1) is 17.3 Å². The number of ether oxygens (including phenoxy) is 1. The molecule has 116 valence electrons. The zero-order valence-electron chi connectivity index (χ0n) is 12.3. The molecule has 0 unspecified atom stereocenters. The number of halogens is 1. The summed E-state index contributed by atoms with van der Waals surface area (Å²) in [7, 11) is 1.72. The number of benzene rings is 1. The molecular weight excluding hydrogens is 302 g/mol. The minimum absolute atomic E-state index is 0.0974. The van der Waals surface area contributed by atoms with Crippen LogP contribution >= 0.6 is 11.6 Å². The Morgan fingerprint density at radius 3 is 2.86 bits per heavy atom. The molecule has 1 aromatic carbocycles. The fourth-order valence-electron chi connectivity index (χ4n) is 1.90. The highest BCUT2D eigenvalue weighted by atomic mass is 35.5. The van der Waals surface area contributed by atoms with Gasteiger partial charge in [-0.1, -0.05) is 23.7 Å². The van der Waals surface area contributed by atoms with Crippen molar-refractivity contribution in [1.82, 2.24) is 9.88 Å². The topological polar surface area (TPSA) is 68.5 Å². The summed E-state index contributed by atoms with van der Waals surface area (Å²) < 4.78 is 5.58. The molecule has 2 N–H and O–H groups in total. The minimum Gasteiger partial charge on any atom is -0.490 e. The molecule has 0 saturated carbocycles. The smallest absolute Gasteiger partial charge is 0.253 e. The number of aromatic nitrogens is 1. The average molecular weight is 320 g/mol. The third-order valence-electron chi connectivity index (χ3n) is 3.14. The van der Waals surface area contributed by atoms with Crippen molar-refractivity contribution in [3.63, 3.8) is 0 Å². The van der Waals surface area contributed by atoms with E-state index in [2.05, 4.69) is 4.98 Å². The van der Waals surface area contributed by atoms with Crippen molar-refractivity contribution < 1.29 is 9.53 Å². The number of rotatable bonds is 6. The predicted octanol–water partition coefficient (Wildman–Crippen LogP) is 2.34. The van der Waals surface area contributed by atoms with E-state index in [0.29, 0.717) is 41.7 Å². The first kappa shape index (κ1) is 16.3. The predicted molar refractivity (Wildman–Crippen MR) is 86.0 cm³/mol. The second kappa shape index (κ2) is 7.77. The summed E-state index contributed by atoms with van der Waals surface area (Å²) in [5.41, 5.74) is 6.79. The SMILES string of the molecule is CN(CCOc1ccccc1Cl)C(=O)c1ccnc(CN)c1. The lowest BCUT2D eigenvalue weighted by atomic mass is 10.2. The van der Waals surface area contributed by atoms with E-state index in [4.69, 9.17) is 22.1 Å². The lowest BCUT2D eigenvalue weighted by molar-refractivity contribution is 0.0773. The number of likely N-dealkylation sites (N-methyl/N-ethyl adjacent to an activating group) is 1. The van der Waals surface area contributed by atoms with Gasteiger partial charge in [-0.3, -0.25) is 9.78 Å². The van der Waals surface area contributed by atoms with Crippen LogP contribution in [0.1, 0.15) is 16.1 Å². The lowest BCUT2D eigenvalue weighted by Crippen LogP contribution is -2.31. The highest BCUT2D eigenvalue weighted by Crippen LogP contribution is 2.22. The van der Waals surface area contributed by atoms with E-state index in [1.807, 2.05) is 12.1 Å². The second-order valence-electron chi connectivity index (χ2n) is 4.75. The number of hydrogen-bond donors (Lipinski definition) is 1. The third kappa shape index (κ3) is 4.19. The van der Waals surface area contributed by atoms with Gasteiger partial charge in [0.1, 0.15) is 12.4 Å². The lowest BCUT2D eigenvalue weighted by Gasteiger charge is -2.18. The molecule has 0 atom stereocenters. The Morgan fingerprint density at radius 2 is 2.14 bits per heavy atom. The Hall–Kier alpha value is -2.11. The molecule has 0 spiro atoms. The van der Waals surface area contributed by atoms with Gasteiger partial charge in [-0.05, 0) is 24.3 Å². The summed E-state index contributed by atoms with van der Waals surface area (Å²) >= 11 is 6.01. The van der Waals surface area contributed by atoms with Crippen molar-refractivity contribution in [2.24, 2.45) is 5.73 Å². The van der Waals surface area contributed by atoms with Crippen molar-refractivity contribution in [3.8, 4) is 5.75 Å². The van der Waals surface area contributed by atoms with E-state index in [0.717, 1.165) is 0 Å². The summed E-state index contributed by atoms with van der Waals surface area (Å²) in [6.45, 7) is 1.12. The minimum atomic E-state index is -0.0974. The molecule has 0 aliphatic carbocycles. The molecule has 6 heteroatoms. The summed E-state index contributed by atoms with van der Waals surface area (Å²) in [6.07, 6.45) is 1.59. The molecule has 0 saturated heterocycles. The molecule has 2 rings (SSSR count). The van der Waals surface area contributed by atoms with Gasteiger partial charge in [0.2, 0.25) is 0 Å². The number of nitrogens with zero attached hydrogens (tertiary/aromatic N) is 2. The third-order valence-corrected chi connectivity index (χ3v) is 3.45. The fraction of sp³-hybridized carbons (Fsp3) is 0.250. The maximum absolute atomic E-state index is 12.3. The van der Waals surface area contributed by atoms with Gasteiger partial charge in [-0.25, -0.2) is 0 Å². The molecule has 1 aromatic heterocycles. The van der Waals surface area contributed by atoms with E-state index >= 15 is 0 Å². The normalized spacial score (nSPS) is 10.3. The fourth-order valence-corrected chi connectivity index (χ4v) is 2.09. The zero-order valence-corrected chi connectivity index (χ0v) is 13.1. The van der Waals surface area contributed by atoms with Crippen LogP contribution in [-0.2, 0) is 6.54 Å². The van der Waals surface area contributed by atoms with Gasteiger partial charge in [-0.2, -0.15) is 0 Å². The monoisotopic (exact) mass is 319 g/mol. The summed E-state index contributed by atoms with van der Waals surface area (Å²) in [5, 5.41) is 0.554. The molecule has 5 nitrogen and oxygen atoms in total. The standard InChI is InChI=1S/C16H18ClN3O2/c1-20(8-9-22-15-5-3-2-4-14(15)17)16(21)12-6-7-19-13(10-12)11-18/h2-7,10H,8-9,11,18H2,1H3. The highest BCUT2D eigenvalue weighted by molar-refractivity contribution is 6.32. The molecular formula is C16H18ClN3O2. The van der Waals surface area contributed by atoms with Crippen molar-refractivity contribution in [2.75, 3.05) is 20.2 Å². The van der Waals surface area contributed by atoms with Gasteiger partial charge in [0.25, 0.3) is 5.91 Å². The second-order valence-corrected chi connectivity index (χ2v) is 5.15. The number of nitrogens with two attached hydrogens (primary N) is 1. The van der Waals surface area contributed by atoms with Crippen LogP contribution in [0.2, 0.25) is 5.02 Å². The Morgan fingerprint density at radius 1 is 1.36 bits per heavy atom. The Balaban J connectivity index is 1.90. The number of hydrogen-bond acceptors (Lipinski definition) is 4. The average Bonchev–Trinajstić information content (AvgIpc) is 2.55.